The molecule has 0 unspecified atom stereocenters. The monoisotopic (exact) mass is 633 g/mol. The van der Waals surface area contributed by atoms with Gasteiger partial charge in [-0.2, -0.15) is 13.0 Å². The van der Waals surface area contributed by atoms with Crippen molar-refractivity contribution in [2.45, 2.75) is 84.0 Å². The van der Waals surface area contributed by atoms with Gasteiger partial charge in [-0.05, 0) is 68.4 Å². The number of rotatable bonds is 10. The molecule has 0 saturated carbocycles. The van der Waals surface area contributed by atoms with Crippen LogP contribution in [0.1, 0.15) is 84.3 Å². The number of benzene rings is 2. The van der Waals surface area contributed by atoms with Crippen LogP contribution in [0.3, 0.4) is 0 Å². The quantitative estimate of drug-likeness (QED) is 0.210. The van der Waals surface area contributed by atoms with Crippen LogP contribution >= 0.6 is 11.6 Å². The molecule has 44 heavy (non-hydrogen) atoms. The van der Waals surface area contributed by atoms with Crippen molar-refractivity contribution in [1.82, 2.24) is 0 Å². The largest absolute Gasteiger partial charge is 0.344 e. The Morgan fingerprint density at radius 3 is 2.36 bits per heavy atom. The molecule has 1 aliphatic carbocycles. The van der Waals surface area contributed by atoms with Crippen LogP contribution in [0.15, 0.2) is 94.7 Å². The number of anilines is 1. The summed E-state index contributed by atoms with van der Waals surface area (Å²) in [5.74, 6) is -0.262. The number of nitrogens with zero attached hydrogens (tertiary/aromatic N) is 2. The molecule has 1 N–H and O–H groups in total. The maximum Gasteiger partial charge on any atom is 0.264 e. The van der Waals surface area contributed by atoms with Crippen LogP contribution in [0.25, 0.3) is 0 Å². The summed E-state index contributed by atoms with van der Waals surface area (Å²) >= 11 is 7.13. The molecule has 2 heterocycles. The summed E-state index contributed by atoms with van der Waals surface area (Å²) in [7, 11) is -4.02. The summed E-state index contributed by atoms with van der Waals surface area (Å²) in [6, 6.07) is 17.0. The van der Waals surface area contributed by atoms with E-state index in [-0.39, 0.29) is 16.6 Å². The third-order valence-electron chi connectivity index (χ3n) is 9.46. The molecule has 2 aromatic carbocycles. The number of hydrogen-bond donors (Lipinski definition) is 1. The van der Waals surface area contributed by atoms with Gasteiger partial charge in [-0.1, -0.05) is 87.3 Å². The van der Waals surface area contributed by atoms with Crippen molar-refractivity contribution in [3.63, 3.8) is 0 Å². The lowest BCUT2D eigenvalue weighted by Crippen LogP contribution is -2.28. The highest BCUT2D eigenvalue weighted by atomic mass is 35.5. The zero-order valence-corrected chi connectivity index (χ0v) is 28.3. The number of unbranched alkanes of at least 4 members (excludes halogenated alkanes) is 1. The SMILES string of the molecule is CCCC[N+]1=C(/C=C/C2=C(Cl)C(=C/C=C3/N(CCCS(=O)(=O)O)c4ccccc4C3(C)C)/CCC2)C(C)(C)c2ccccc21. The molecule has 3 aliphatic rings. The van der Waals surface area contributed by atoms with Crippen molar-refractivity contribution in [3.8, 4) is 0 Å². The molecule has 0 radical (unpaired) electrons. The fourth-order valence-corrected chi connectivity index (χ4v) is 7.86. The van der Waals surface area contributed by atoms with Gasteiger partial charge in [0.05, 0.1) is 11.2 Å². The minimum absolute atomic E-state index is 0.0898. The summed E-state index contributed by atoms with van der Waals surface area (Å²) in [4.78, 5) is 2.19. The molecule has 0 aromatic heterocycles. The Labute approximate surface area is 269 Å². The molecule has 234 valence electrons. The fourth-order valence-electron chi connectivity index (χ4n) is 7.05. The van der Waals surface area contributed by atoms with Crippen LogP contribution in [0, 0.1) is 0 Å². The Morgan fingerprint density at radius 2 is 1.64 bits per heavy atom. The average Bonchev–Trinajstić information content (AvgIpc) is 3.33. The van der Waals surface area contributed by atoms with Crippen LogP contribution < -0.4 is 4.90 Å². The number of fused-ring (bicyclic) bond motifs is 2. The van der Waals surface area contributed by atoms with E-state index < -0.39 is 10.1 Å². The maximum absolute atomic E-state index is 11.4. The van der Waals surface area contributed by atoms with Gasteiger partial charge in [0.15, 0.2) is 5.71 Å². The normalized spacial score (nSPS) is 21.2. The standard InChI is InChI=1S/C37H45ClN2O3S/c1-6-7-24-39-31-18-10-8-16-29(31)36(2,3)33(39)22-20-27-14-12-15-28(35(27)38)21-23-34-37(4,5)30-17-9-11-19-32(30)40(34)25-13-26-44(41,42)43/h8-11,16-23H,6-7,12-15,24-26H2,1-5H3/p+1. The van der Waals surface area contributed by atoms with Crippen LogP contribution in [-0.2, 0) is 20.9 Å². The number of halogens is 1. The topological polar surface area (TPSA) is 60.6 Å². The van der Waals surface area contributed by atoms with Gasteiger partial charge in [-0.25, -0.2) is 0 Å². The van der Waals surface area contributed by atoms with E-state index in [0.29, 0.717) is 13.0 Å². The molecule has 0 amide bonds. The molecule has 2 aliphatic heterocycles. The van der Waals surface area contributed by atoms with E-state index in [1.807, 2.05) is 12.1 Å². The molecule has 0 spiro atoms. The third kappa shape index (κ3) is 6.40. The zero-order chi connectivity index (χ0) is 31.7. The van der Waals surface area contributed by atoms with Crippen molar-refractivity contribution in [3.05, 3.63) is 106 Å². The molecular weight excluding hydrogens is 588 g/mol. The molecule has 0 atom stereocenters. The van der Waals surface area contributed by atoms with Crippen LogP contribution in [-0.4, -0.2) is 42.1 Å². The minimum Gasteiger partial charge on any atom is -0.344 e. The predicted octanol–water partition coefficient (Wildman–Crippen LogP) is 8.98. The van der Waals surface area contributed by atoms with Gasteiger partial charge in [-0.15, -0.1) is 0 Å². The molecule has 5 nitrogen and oxygen atoms in total. The summed E-state index contributed by atoms with van der Waals surface area (Å²) in [6.45, 7) is 12.8. The van der Waals surface area contributed by atoms with E-state index in [2.05, 4.69) is 105 Å². The lowest BCUT2D eigenvalue weighted by Gasteiger charge is -2.27. The van der Waals surface area contributed by atoms with Crippen LogP contribution in [0.5, 0.6) is 0 Å². The summed E-state index contributed by atoms with van der Waals surface area (Å²) in [6.07, 6.45) is 14.4. The molecule has 2 aromatic rings. The summed E-state index contributed by atoms with van der Waals surface area (Å²) in [5, 5.41) is 0.824. The van der Waals surface area contributed by atoms with Crippen molar-refractivity contribution in [1.29, 1.82) is 0 Å². The van der Waals surface area contributed by atoms with E-state index >= 15 is 0 Å². The van der Waals surface area contributed by atoms with Gasteiger partial charge in [0.2, 0.25) is 5.69 Å². The van der Waals surface area contributed by atoms with Crippen molar-refractivity contribution in [2.75, 3.05) is 23.7 Å². The van der Waals surface area contributed by atoms with Crippen LogP contribution in [0.4, 0.5) is 11.4 Å². The van der Waals surface area contributed by atoms with E-state index in [1.54, 1.807) is 0 Å². The number of allylic oxidation sites excluding steroid dienone is 8. The summed E-state index contributed by atoms with van der Waals surface area (Å²) < 4.78 is 34.7. The van der Waals surface area contributed by atoms with E-state index in [0.717, 1.165) is 66.2 Å². The smallest absolute Gasteiger partial charge is 0.264 e. The molecular formula is C37H46ClN2O3S+. The van der Waals surface area contributed by atoms with Crippen molar-refractivity contribution < 1.29 is 17.5 Å². The first kappa shape index (κ1) is 32.5. The van der Waals surface area contributed by atoms with E-state index in [1.165, 1.54) is 22.5 Å². The Kier molecular flexibility index (Phi) is 9.46. The second-order valence-electron chi connectivity index (χ2n) is 13.2. The second kappa shape index (κ2) is 12.8. The van der Waals surface area contributed by atoms with Gasteiger partial charge in [0, 0.05) is 52.5 Å². The first-order chi connectivity index (χ1) is 20.9. The first-order valence-electron chi connectivity index (χ1n) is 15.9. The lowest BCUT2D eigenvalue weighted by atomic mass is 9.81. The highest BCUT2D eigenvalue weighted by molar-refractivity contribution is 7.85. The van der Waals surface area contributed by atoms with Crippen molar-refractivity contribution in [2.24, 2.45) is 0 Å². The predicted molar refractivity (Wildman–Crippen MR) is 184 cm³/mol. The lowest BCUT2D eigenvalue weighted by molar-refractivity contribution is -0.438. The molecule has 7 heteroatoms. The summed E-state index contributed by atoms with van der Waals surface area (Å²) in [5.41, 5.74) is 9.30. The Balaban J connectivity index is 1.47. The Bertz CT molecular complexity index is 1690. The third-order valence-corrected chi connectivity index (χ3v) is 10.7. The highest BCUT2D eigenvalue weighted by Crippen LogP contribution is 2.48. The molecule has 0 fully saturated rings. The average molecular weight is 634 g/mol. The molecule has 0 bridgehead atoms. The fraction of sp³-hybridized carbons (Fsp3) is 0.432. The number of para-hydroxylation sites is 2. The van der Waals surface area contributed by atoms with Gasteiger partial charge in [0.1, 0.15) is 6.54 Å². The minimum atomic E-state index is -4.02. The van der Waals surface area contributed by atoms with Gasteiger partial charge >= 0.3 is 0 Å². The highest BCUT2D eigenvalue weighted by Gasteiger charge is 2.44. The molecule has 5 rings (SSSR count). The van der Waals surface area contributed by atoms with Gasteiger partial charge in [0.25, 0.3) is 10.1 Å². The zero-order valence-electron chi connectivity index (χ0n) is 26.7. The first-order valence-corrected chi connectivity index (χ1v) is 17.9. The number of hydrogen-bond acceptors (Lipinski definition) is 3. The second-order valence-corrected chi connectivity index (χ2v) is 15.2. The van der Waals surface area contributed by atoms with Gasteiger partial charge in [-0.3, -0.25) is 4.55 Å². The Morgan fingerprint density at radius 1 is 0.932 bits per heavy atom. The van der Waals surface area contributed by atoms with Crippen LogP contribution in [0.2, 0.25) is 0 Å². The maximum atomic E-state index is 11.4. The van der Waals surface area contributed by atoms with Crippen molar-refractivity contribution >= 4 is 38.8 Å². The van der Waals surface area contributed by atoms with Gasteiger partial charge < -0.3 is 4.90 Å². The molecule has 0 saturated heterocycles. The Hall–Kier alpha value is -2.93. The van der Waals surface area contributed by atoms with E-state index in [4.69, 9.17) is 11.6 Å². The van der Waals surface area contributed by atoms with E-state index in [9.17, 15) is 13.0 Å².